The van der Waals surface area contributed by atoms with Crippen LogP contribution in [0.3, 0.4) is 0 Å². The molecule has 1 saturated heterocycles. The molecular weight excluding hydrogens is 270 g/mol. The lowest BCUT2D eigenvalue weighted by Gasteiger charge is -2.35. The van der Waals surface area contributed by atoms with E-state index in [0.29, 0.717) is 5.56 Å². The Hall–Kier alpha value is -1.85. The van der Waals surface area contributed by atoms with Gasteiger partial charge in [0.1, 0.15) is 5.56 Å². The summed E-state index contributed by atoms with van der Waals surface area (Å²) in [6.45, 7) is 4.45. The van der Waals surface area contributed by atoms with Gasteiger partial charge in [-0.3, -0.25) is 9.48 Å². The van der Waals surface area contributed by atoms with Crippen LogP contribution in [0.4, 0.5) is 0 Å². The monoisotopic (exact) mass is 293 g/mol. The van der Waals surface area contributed by atoms with E-state index in [1.807, 2.05) is 4.90 Å². The Morgan fingerprint density at radius 3 is 2.81 bits per heavy atom. The van der Waals surface area contributed by atoms with Gasteiger partial charge in [0.25, 0.3) is 5.91 Å². The van der Waals surface area contributed by atoms with Crippen LogP contribution in [-0.2, 0) is 16.6 Å². The molecular formula is C15H23N3O3. The van der Waals surface area contributed by atoms with Crippen molar-refractivity contribution in [1.29, 1.82) is 0 Å². The highest BCUT2D eigenvalue weighted by atomic mass is 16.5. The maximum Gasteiger partial charge on any atom is 0.342 e. The number of hydrogen-bond acceptors (Lipinski definition) is 4. The van der Waals surface area contributed by atoms with Crippen molar-refractivity contribution in [3.63, 3.8) is 0 Å². The Labute approximate surface area is 125 Å². The van der Waals surface area contributed by atoms with E-state index in [0.717, 1.165) is 37.9 Å². The fraction of sp³-hybridized carbons (Fsp3) is 0.667. The number of rotatable bonds is 4. The molecule has 0 bridgehead atoms. The van der Waals surface area contributed by atoms with Gasteiger partial charge in [-0.05, 0) is 32.6 Å². The SMILES string of the molecule is CCC1CCCCN1C(=O)COC(=O)c1cnn(C)c1C. The normalized spacial score (nSPS) is 18.6. The highest BCUT2D eigenvalue weighted by Crippen LogP contribution is 2.19. The molecule has 0 aromatic carbocycles. The molecule has 0 radical (unpaired) electrons. The highest BCUT2D eigenvalue weighted by Gasteiger charge is 2.26. The minimum absolute atomic E-state index is 0.101. The van der Waals surface area contributed by atoms with Gasteiger partial charge in [-0.2, -0.15) is 5.10 Å². The number of ether oxygens (including phenoxy) is 1. The fourth-order valence-corrected chi connectivity index (χ4v) is 2.74. The number of aryl methyl sites for hydroxylation is 1. The Bertz CT molecular complexity index is 524. The summed E-state index contributed by atoms with van der Waals surface area (Å²) in [5.41, 5.74) is 1.15. The summed E-state index contributed by atoms with van der Waals surface area (Å²) in [5.74, 6) is -0.588. The number of piperidine rings is 1. The number of amides is 1. The largest absolute Gasteiger partial charge is 0.452 e. The molecule has 21 heavy (non-hydrogen) atoms. The van der Waals surface area contributed by atoms with Gasteiger partial charge in [0.2, 0.25) is 0 Å². The molecule has 1 aromatic rings. The first kappa shape index (κ1) is 15.5. The predicted molar refractivity (Wildman–Crippen MR) is 77.9 cm³/mol. The molecule has 1 aliphatic rings. The van der Waals surface area contributed by atoms with E-state index in [1.54, 1.807) is 18.7 Å². The smallest absolute Gasteiger partial charge is 0.342 e. The van der Waals surface area contributed by atoms with Crippen molar-refractivity contribution in [1.82, 2.24) is 14.7 Å². The predicted octanol–water partition coefficient (Wildman–Crippen LogP) is 1.68. The van der Waals surface area contributed by atoms with Crippen LogP contribution in [0.15, 0.2) is 6.20 Å². The van der Waals surface area contributed by atoms with Crippen LogP contribution >= 0.6 is 0 Å². The minimum Gasteiger partial charge on any atom is -0.452 e. The van der Waals surface area contributed by atoms with E-state index in [1.165, 1.54) is 6.20 Å². The van der Waals surface area contributed by atoms with E-state index < -0.39 is 5.97 Å². The second-order valence-electron chi connectivity index (χ2n) is 5.49. The zero-order valence-corrected chi connectivity index (χ0v) is 13.0. The summed E-state index contributed by atoms with van der Waals surface area (Å²) >= 11 is 0. The maximum absolute atomic E-state index is 12.2. The summed E-state index contributed by atoms with van der Waals surface area (Å²) in [5, 5.41) is 4.00. The van der Waals surface area contributed by atoms with Gasteiger partial charge in [-0.1, -0.05) is 6.92 Å². The molecule has 1 fully saturated rings. The summed E-state index contributed by atoms with van der Waals surface area (Å²) in [4.78, 5) is 26.0. The zero-order valence-electron chi connectivity index (χ0n) is 13.0. The van der Waals surface area contributed by atoms with E-state index >= 15 is 0 Å². The van der Waals surface area contributed by atoms with E-state index in [2.05, 4.69) is 12.0 Å². The molecule has 0 spiro atoms. The number of hydrogen-bond donors (Lipinski definition) is 0. The molecule has 6 nitrogen and oxygen atoms in total. The molecule has 1 aromatic heterocycles. The van der Waals surface area contributed by atoms with Crippen LogP contribution in [-0.4, -0.2) is 45.8 Å². The topological polar surface area (TPSA) is 64.4 Å². The molecule has 1 amide bonds. The highest BCUT2D eigenvalue weighted by molar-refractivity contribution is 5.92. The molecule has 1 atom stereocenters. The average molecular weight is 293 g/mol. The number of nitrogens with zero attached hydrogens (tertiary/aromatic N) is 3. The standard InChI is InChI=1S/C15H23N3O3/c1-4-12-7-5-6-8-18(12)14(19)10-21-15(20)13-9-16-17(3)11(13)2/h9,12H,4-8,10H2,1-3H3. The summed E-state index contributed by atoms with van der Waals surface area (Å²) in [6, 6.07) is 0.282. The first-order valence-electron chi connectivity index (χ1n) is 7.49. The van der Waals surface area contributed by atoms with Gasteiger partial charge < -0.3 is 9.64 Å². The van der Waals surface area contributed by atoms with Crippen molar-refractivity contribution in [2.45, 2.75) is 45.6 Å². The van der Waals surface area contributed by atoms with Crippen molar-refractivity contribution in [3.8, 4) is 0 Å². The molecule has 1 aliphatic heterocycles. The first-order valence-corrected chi connectivity index (χ1v) is 7.49. The lowest BCUT2D eigenvalue weighted by molar-refractivity contribution is -0.138. The van der Waals surface area contributed by atoms with Crippen LogP contribution in [0.5, 0.6) is 0 Å². The Morgan fingerprint density at radius 2 is 2.19 bits per heavy atom. The lowest BCUT2D eigenvalue weighted by Crippen LogP contribution is -2.45. The van der Waals surface area contributed by atoms with Crippen LogP contribution in [0.25, 0.3) is 0 Å². The van der Waals surface area contributed by atoms with Crippen LogP contribution in [0, 0.1) is 6.92 Å². The van der Waals surface area contributed by atoms with Crippen LogP contribution in [0.1, 0.15) is 48.7 Å². The second kappa shape index (κ2) is 6.74. The Morgan fingerprint density at radius 1 is 1.43 bits per heavy atom. The van der Waals surface area contributed by atoms with Crippen LogP contribution < -0.4 is 0 Å². The molecule has 2 rings (SSSR count). The first-order chi connectivity index (χ1) is 10.0. The van der Waals surface area contributed by atoms with Gasteiger partial charge >= 0.3 is 5.97 Å². The fourth-order valence-electron chi connectivity index (χ4n) is 2.74. The third-order valence-electron chi connectivity index (χ3n) is 4.20. The molecule has 0 aliphatic carbocycles. The molecule has 1 unspecified atom stereocenters. The molecule has 0 N–H and O–H groups in total. The number of carbonyl (C=O) groups excluding carboxylic acids is 2. The van der Waals surface area contributed by atoms with Gasteiger partial charge in [0, 0.05) is 25.3 Å². The third-order valence-corrected chi connectivity index (χ3v) is 4.20. The van der Waals surface area contributed by atoms with Crippen molar-refractivity contribution in [3.05, 3.63) is 17.5 Å². The van der Waals surface area contributed by atoms with E-state index in [9.17, 15) is 9.59 Å². The number of aromatic nitrogens is 2. The minimum atomic E-state index is -0.487. The Kier molecular flexibility index (Phi) is 4.98. The molecule has 2 heterocycles. The van der Waals surface area contributed by atoms with Gasteiger partial charge in [0.05, 0.1) is 6.20 Å². The Balaban J connectivity index is 1.91. The maximum atomic E-state index is 12.2. The van der Waals surface area contributed by atoms with Crippen molar-refractivity contribution in [2.75, 3.05) is 13.2 Å². The number of esters is 1. The van der Waals surface area contributed by atoms with Crippen molar-refractivity contribution < 1.29 is 14.3 Å². The average Bonchev–Trinajstić information content (AvgIpc) is 2.84. The second-order valence-corrected chi connectivity index (χ2v) is 5.49. The molecule has 0 saturated carbocycles. The zero-order chi connectivity index (χ0) is 15.4. The van der Waals surface area contributed by atoms with E-state index in [4.69, 9.17) is 4.74 Å². The third kappa shape index (κ3) is 3.43. The van der Waals surface area contributed by atoms with Crippen molar-refractivity contribution >= 4 is 11.9 Å². The number of likely N-dealkylation sites (tertiary alicyclic amines) is 1. The quantitative estimate of drug-likeness (QED) is 0.792. The number of carbonyl (C=O) groups is 2. The van der Waals surface area contributed by atoms with Gasteiger partial charge in [-0.25, -0.2) is 4.79 Å². The lowest BCUT2D eigenvalue weighted by atomic mass is 10.00. The summed E-state index contributed by atoms with van der Waals surface area (Å²) < 4.78 is 6.75. The molecule has 6 heteroatoms. The van der Waals surface area contributed by atoms with Gasteiger partial charge in [0.15, 0.2) is 6.61 Å². The summed E-state index contributed by atoms with van der Waals surface area (Å²) in [6.07, 6.45) is 5.64. The van der Waals surface area contributed by atoms with Crippen molar-refractivity contribution in [2.24, 2.45) is 7.05 Å². The summed E-state index contributed by atoms with van der Waals surface area (Å²) in [7, 11) is 1.76. The van der Waals surface area contributed by atoms with Gasteiger partial charge in [-0.15, -0.1) is 0 Å². The van der Waals surface area contributed by atoms with E-state index in [-0.39, 0.29) is 18.6 Å². The van der Waals surface area contributed by atoms with Crippen LogP contribution in [0.2, 0.25) is 0 Å². The molecule has 116 valence electrons.